The molecule has 0 saturated carbocycles. The first-order valence-corrected chi connectivity index (χ1v) is 6.38. The van der Waals surface area contributed by atoms with Crippen molar-refractivity contribution < 1.29 is 9.53 Å². The molecule has 2 rings (SSSR count). The summed E-state index contributed by atoms with van der Waals surface area (Å²) in [5.41, 5.74) is 2.47. The first-order chi connectivity index (χ1) is 9.22. The lowest BCUT2D eigenvalue weighted by Gasteiger charge is -2.09. The second kappa shape index (κ2) is 6.14. The highest BCUT2D eigenvalue weighted by molar-refractivity contribution is 5.99. The van der Waals surface area contributed by atoms with Gasteiger partial charge >= 0.3 is 0 Å². The molecule has 0 amide bonds. The van der Waals surface area contributed by atoms with Crippen molar-refractivity contribution in [2.24, 2.45) is 0 Å². The minimum atomic E-state index is 0.0332. The average Bonchev–Trinajstić information content (AvgIpc) is 2.42. The van der Waals surface area contributed by atoms with E-state index in [1.807, 2.05) is 44.2 Å². The Morgan fingerprint density at radius 2 is 2.00 bits per heavy atom. The molecule has 1 heterocycles. The monoisotopic (exact) mass is 255 g/mol. The van der Waals surface area contributed by atoms with Gasteiger partial charge in [0.05, 0.1) is 24.3 Å². The number of rotatable bonds is 5. The van der Waals surface area contributed by atoms with Crippen LogP contribution in [0.4, 0.5) is 0 Å². The van der Waals surface area contributed by atoms with Gasteiger partial charge in [0.15, 0.2) is 5.78 Å². The third-order valence-electron chi connectivity index (χ3n) is 2.93. The molecule has 3 heteroatoms. The lowest BCUT2D eigenvalue weighted by atomic mass is 10.0. The molecule has 1 aromatic heterocycles. The summed E-state index contributed by atoms with van der Waals surface area (Å²) in [6, 6.07) is 11.2. The van der Waals surface area contributed by atoms with Crippen LogP contribution in [0.1, 0.15) is 28.5 Å². The molecule has 0 radical (unpaired) electrons. The number of nitrogens with zero attached hydrogens (tertiary/aromatic N) is 1. The van der Waals surface area contributed by atoms with Gasteiger partial charge in [-0.2, -0.15) is 0 Å². The number of aromatic nitrogens is 1. The van der Waals surface area contributed by atoms with Crippen molar-refractivity contribution in [2.75, 3.05) is 6.61 Å². The number of hydrogen-bond acceptors (Lipinski definition) is 3. The van der Waals surface area contributed by atoms with Crippen molar-refractivity contribution in [1.82, 2.24) is 4.98 Å². The van der Waals surface area contributed by atoms with Crippen LogP contribution in [0.2, 0.25) is 0 Å². The molecule has 1 aromatic carbocycles. The number of carbonyl (C=O) groups excluding carboxylic acids is 1. The number of carbonyl (C=O) groups is 1. The van der Waals surface area contributed by atoms with E-state index in [0.717, 1.165) is 11.3 Å². The van der Waals surface area contributed by atoms with Crippen molar-refractivity contribution in [3.63, 3.8) is 0 Å². The van der Waals surface area contributed by atoms with Gasteiger partial charge in [-0.1, -0.05) is 18.2 Å². The predicted octanol–water partition coefficient (Wildman–Crippen LogP) is 3.21. The van der Waals surface area contributed by atoms with Gasteiger partial charge in [0.25, 0.3) is 0 Å². The van der Waals surface area contributed by atoms with Gasteiger partial charge in [0.1, 0.15) is 5.75 Å². The lowest BCUT2D eigenvalue weighted by Crippen LogP contribution is -2.08. The number of pyridine rings is 1. The fraction of sp³-hybridized carbons (Fsp3) is 0.250. The normalized spacial score (nSPS) is 10.2. The number of ether oxygens (including phenoxy) is 1. The number of aryl methyl sites for hydroxylation is 1. The van der Waals surface area contributed by atoms with E-state index in [1.54, 1.807) is 12.3 Å². The molecule has 0 atom stereocenters. The first kappa shape index (κ1) is 13.3. The second-order valence-electron chi connectivity index (χ2n) is 4.30. The summed E-state index contributed by atoms with van der Waals surface area (Å²) in [5, 5.41) is 0. The zero-order chi connectivity index (χ0) is 13.7. The molecule has 98 valence electrons. The van der Waals surface area contributed by atoms with Crippen LogP contribution in [-0.2, 0) is 6.42 Å². The van der Waals surface area contributed by atoms with E-state index in [-0.39, 0.29) is 5.78 Å². The lowest BCUT2D eigenvalue weighted by molar-refractivity contribution is 0.0988. The summed E-state index contributed by atoms with van der Waals surface area (Å²) in [6.07, 6.45) is 2.01. The Morgan fingerprint density at radius 1 is 1.21 bits per heavy atom. The first-order valence-electron chi connectivity index (χ1n) is 6.38. The Bertz CT molecular complexity index is 578. The summed E-state index contributed by atoms with van der Waals surface area (Å²) >= 11 is 0. The molecule has 0 fully saturated rings. The average molecular weight is 255 g/mol. The maximum absolute atomic E-state index is 12.3. The van der Waals surface area contributed by atoms with Crippen LogP contribution in [0.25, 0.3) is 0 Å². The van der Waals surface area contributed by atoms with Crippen LogP contribution in [-0.4, -0.2) is 17.4 Å². The van der Waals surface area contributed by atoms with Crippen molar-refractivity contribution in [3.05, 3.63) is 59.4 Å². The van der Waals surface area contributed by atoms with Gasteiger partial charge < -0.3 is 4.74 Å². The van der Waals surface area contributed by atoms with E-state index in [2.05, 4.69) is 4.98 Å². The number of para-hydroxylation sites is 1. The van der Waals surface area contributed by atoms with E-state index < -0.39 is 0 Å². The Hall–Kier alpha value is -2.16. The Kier molecular flexibility index (Phi) is 4.29. The van der Waals surface area contributed by atoms with Crippen LogP contribution in [0, 0.1) is 6.92 Å². The smallest absolute Gasteiger partial charge is 0.172 e. The van der Waals surface area contributed by atoms with Crippen molar-refractivity contribution in [1.29, 1.82) is 0 Å². The summed E-state index contributed by atoms with van der Waals surface area (Å²) in [4.78, 5) is 16.6. The fourth-order valence-corrected chi connectivity index (χ4v) is 1.93. The number of ketones is 1. The third-order valence-corrected chi connectivity index (χ3v) is 2.93. The van der Waals surface area contributed by atoms with E-state index in [1.165, 1.54) is 0 Å². The Morgan fingerprint density at radius 3 is 2.74 bits per heavy atom. The van der Waals surface area contributed by atoms with Crippen molar-refractivity contribution >= 4 is 5.78 Å². The molecule has 0 aliphatic rings. The molecule has 0 aliphatic carbocycles. The molecule has 0 bridgehead atoms. The largest absolute Gasteiger partial charge is 0.493 e. The summed E-state index contributed by atoms with van der Waals surface area (Å²) in [7, 11) is 0. The molecule has 2 aromatic rings. The van der Waals surface area contributed by atoms with Crippen LogP contribution >= 0.6 is 0 Å². The molecule has 0 spiro atoms. The minimum absolute atomic E-state index is 0.0332. The van der Waals surface area contributed by atoms with Gasteiger partial charge in [0, 0.05) is 6.20 Å². The third kappa shape index (κ3) is 3.19. The van der Waals surface area contributed by atoms with E-state index >= 15 is 0 Å². The zero-order valence-electron chi connectivity index (χ0n) is 11.2. The van der Waals surface area contributed by atoms with Crippen molar-refractivity contribution in [2.45, 2.75) is 20.3 Å². The van der Waals surface area contributed by atoms with Crippen molar-refractivity contribution in [3.8, 4) is 5.75 Å². The Labute approximate surface area is 113 Å². The van der Waals surface area contributed by atoms with Gasteiger partial charge in [0.2, 0.25) is 0 Å². The van der Waals surface area contributed by atoms with E-state index in [0.29, 0.717) is 24.3 Å². The standard InChI is InChI=1S/C16H17NO2/c1-3-19-16-9-5-4-8-13(16)15(18)11-14-12(2)7-6-10-17-14/h4-10H,3,11H2,1-2H3. The van der Waals surface area contributed by atoms with Gasteiger partial charge in [-0.15, -0.1) is 0 Å². The molecule has 0 aliphatic heterocycles. The molecular weight excluding hydrogens is 238 g/mol. The number of hydrogen-bond donors (Lipinski definition) is 0. The van der Waals surface area contributed by atoms with Crippen LogP contribution < -0.4 is 4.74 Å². The SMILES string of the molecule is CCOc1ccccc1C(=O)Cc1ncccc1C. The summed E-state index contributed by atoms with van der Waals surface area (Å²) < 4.78 is 5.48. The van der Waals surface area contributed by atoms with Crippen LogP contribution in [0.5, 0.6) is 5.75 Å². The zero-order valence-corrected chi connectivity index (χ0v) is 11.2. The quantitative estimate of drug-likeness (QED) is 0.770. The maximum atomic E-state index is 12.3. The number of benzene rings is 1. The molecule has 0 N–H and O–H groups in total. The molecule has 0 saturated heterocycles. The minimum Gasteiger partial charge on any atom is -0.493 e. The fourth-order valence-electron chi connectivity index (χ4n) is 1.93. The highest BCUT2D eigenvalue weighted by atomic mass is 16.5. The molecule has 3 nitrogen and oxygen atoms in total. The van der Waals surface area contributed by atoms with Crippen LogP contribution in [0.3, 0.4) is 0 Å². The predicted molar refractivity (Wildman–Crippen MR) is 74.6 cm³/mol. The number of Topliss-reactive ketones (excluding diaryl/α,β-unsaturated/α-hetero) is 1. The molecule has 0 unspecified atom stereocenters. The van der Waals surface area contributed by atoms with Gasteiger partial charge in [-0.05, 0) is 37.6 Å². The highest BCUT2D eigenvalue weighted by Crippen LogP contribution is 2.20. The molecular formula is C16H17NO2. The highest BCUT2D eigenvalue weighted by Gasteiger charge is 2.14. The summed E-state index contributed by atoms with van der Waals surface area (Å²) in [5.74, 6) is 0.675. The Balaban J connectivity index is 2.23. The maximum Gasteiger partial charge on any atom is 0.172 e. The van der Waals surface area contributed by atoms with Gasteiger partial charge in [-0.3, -0.25) is 9.78 Å². The topological polar surface area (TPSA) is 39.2 Å². The molecule has 19 heavy (non-hydrogen) atoms. The van der Waals surface area contributed by atoms with Crippen LogP contribution in [0.15, 0.2) is 42.6 Å². The van der Waals surface area contributed by atoms with Gasteiger partial charge in [-0.25, -0.2) is 0 Å². The summed E-state index contributed by atoms with van der Waals surface area (Å²) in [6.45, 7) is 4.42. The second-order valence-corrected chi connectivity index (χ2v) is 4.30. The van der Waals surface area contributed by atoms with E-state index in [4.69, 9.17) is 4.74 Å². The van der Waals surface area contributed by atoms with E-state index in [9.17, 15) is 4.79 Å².